The molecule has 3 aromatic rings. The van der Waals surface area contributed by atoms with Crippen molar-refractivity contribution in [3.63, 3.8) is 0 Å². The Bertz CT molecular complexity index is 1140. The standard InChI is InChI=1S/C23H24N2O4S/c1-17-10-9-14-21(18(17)2)25(30(27,28)19-11-5-4-6-12-19)16-23(26)24-20-13-7-8-15-22(20)29-3/h4-15H,16H2,1-3H3,(H,24,26). The van der Waals surface area contributed by atoms with Gasteiger partial charge in [-0.3, -0.25) is 9.10 Å². The molecule has 0 radical (unpaired) electrons. The minimum absolute atomic E-state index is 0.121. The number of sulfonamides is 1. The van der Waals surface area contributed by atoms with Crippen LogP contribution < -0.4 is 14.4 Å². The van der Waals surface area contributed by atoms with E-state index in [2.05, 4.69) is 5.32 Å². The lowest BCUT2D eigenvalue weighted by molar-refractivity contribution is -0.114. The highest BCUT2D eigenvalue weighted by Gasteiger charge is 2.28. The number of methoxy groups -OCH3 is 1. The average molecular weight is 425 g/mol. The summed E-state index contributed by atoms with van der Waals surface area (Å²) >= 11 is 0. The molecule has 0 heterocycles. The molecule has 6 nitrogen and oxygen atoms in total. The predicted octanol–water partition coefficient (Wildman–Crippen LogP) is 4.15. The van der Waals surface area contributed by atoms with E-state index in [0.717, 1.165) is 15.4 Å². The molecule has 0 saturated heterocycles. The molecule has 0 atom stereocenters. The van der Waals surface area contributed by atoms with Crippen molar-refractivity contribution in [2.45, 2.75) is 18.7 Å². The molecule has 156 valence electrons. The molecule has 1 N–H and O–H groups in total. The average Bonchev–Trinajstić information content (AvgIpc) is 2.75. The van der Waals surface area contributed by atoms with Crippen molar-refractivity contribution in [3.8, 4) is 5.75 Å². The number of hydrogen-bond donors (Lipinski definition) is 1. The van der Waals surface area contributed by atoms with Crippen LogP contribution in [0.4, 0.5) is 11.4 Å². The lowest BCUT2D eigenvalue weighted by atomic mass is 10.1. The SMILES string of the molecule is COc1ccccc1NC(=O)CN(c1cccc(C)c1C)S(=O)(=O)c1ccccc1. The van der Waals surface area contributed by atoms with E-state index < -0.39 is 15.9 Å². The highest BCUT2D eigenvalue weighted by Crippen LogP contribution is 2.29. The predicted molar refractivity (Wildman–Crippen MR) is 119 cm³/mol. The summed E-state index contributed by atoms with van der Waals surface area (Å²) in [4.78, 5) is 13.0. The molecule has 0 unspecified atom stereocenters. The molecular formula is C23H24N2O4S. The summed E-state index contributed by atoms with van der Waals surface area (Å²) in [6, 6.07) is 20.5. The third-order valence-corrected chi connectivity index (χ3v) is 6.62. The Kier molecular flexibility index (Phi) is 6.42. The third kappa shape index (κ3) is 4.46. The summed E-state index contributed by atoms with van der Waals surface area (Å²) in [5.41, 5.74) is 2.67. The number of ether oxygens (including phenoxy) is 1. The molecule has 3 aromatic carbocycles. The van der Waals surface area contributed by atoms with Gasteiger partial charge in [0, 0.05) is 0 Å². The fourth-order valence-electron chi connectivity index (χ4n) is 3.09. The number of carbonyl (C=O) groups excluding carboxylic acids is 1. The fourth-order valence-corrected chi connectivity index (χ4v) is 4.59. The van der Waals surface area contributed by atoms with E-state index in [1.54, 1.807) is 54.6 Å². The number of benzene rings is 3. The first-order valence-electron chi connectivity index (χ1n) is 9.41. The summed E-state index contributed by atoms with van der Waals surface area (Å²) in [6.45, 7) is 3.37. The Morgan fingerprint density at radius 1 is 0.933 bits per heavy atom. The van der Waals surface area contributed by atoms with Crippen LogP contribution in [0.5, 0.6) is 5.75 Å². The number of carbonyl (C=O) groups is 1. The van der Waals surface area contributed by atoms with Gasteiger partial charge in [0.15, 0.2) is 0 Å². The molecule has 0 spiro atoms. The molecule has 0 saturated carbocycles. The number of anilines is 2. The van der Waals surface area contributed by atoms with Gasteiger partial charge in [-0.1, -0.05) is 42.5 Å². The maximum Gasteiger partial charge on any atom is 0.264 e. The lowest BCUT2D eigenvalue weighted by Crippen LogP contribution is -2.38. The van der Waals surface area contributed by atoms with Crippen molar-refractivity contribution in [2.24, 2.45) is 0 Å². The van der Waals surface area contributed by atoms with Gasteiger partial charge in [0.1, 0.15) is 12.3 Å². The van der Waals surface area contributed by atoms with Crippen LogP contribution in [0.3, 0.4) is 0 Å². The van der Waals surface area contributed by atoms with Gasteiger partial charge in [-0.2, -0.15) is 0 Å². The van der Waals surface area contributed by atoms with Crippen LogP contribution >= 0.6 is 0 Å². The molecular weight excluding hydrogens is 400 g/mol. The van der Waals surface area contributed by atoms with Crippen molar-refractivity contribution in [3.05, 3.63) is 83.9 Å². The van der Waals surface area contributed by atoms with Gasteiger partial charge in [-0.05, 0) is 55.3 Å². The second kappa shape index (κ2) is 9.00. The number of amides is 1. The first-order chi connectivity index (χ1) is 14.3. The number of aryl methyl sites for hydroxylation is 1. The van der Waals surface area contributed by atoms with Crippen LogP contribution in [0.25, 0.3) is 0 Å². The van der Waals surface area contributed by atoms with Gasteiger partial charge < -0.3 is 10.1 Å². The molecule has 0 aromatic heterocycles. The van der Waals surface area contributed by atoms with E-state index in [0.29, 0.717) is 17.1 Å². The maximum absolute atomic E-state index is 13.4. The van der Waals surface area contributed by atoms with E-state index in [9.17, 15) is 13.2 Å². The summed E-state index contributed by atoms with van der Waals surface area (Å²) < 4.78 is 33.3. The minimum Gasteiger partial charge on any atom is -0.495 e. The monoisotopic (exact) mass is 424 g/mol. The van der Waals surface area contributed by atoms with Crippen molar-refractivity contribution in [1.29, 1.82) is 0 Å². The zero-order valence-electron chi connectivity index (χ0n) is 17.1. The highest BCUT2D eigenvalue weighted by atomic mass is 32.2. The molecule has 7 heteroatoms. The van der Waals surface area contributed by atoms with Crippen LogP contribution in [0, 0.1) is 13.8 Å². The Hall–Kier alpha value is -3.32. The van der Waals surface area contributed by atoms with Crippen molar-refractivity contribution >= 4 is 27.3 Å². The first kappa shape index (κ1) is 21.4. The molecule has 1 amide bonds. The number of rotatable bonds is 7. The van der Waals surface area contributed by atoms with Crippen LogP contribution in [0.1, 0.15) is 11.1 Å². The Morgan fingerprint density at radius 3 is 2.30 bits per heavy atom. The van der Waals surface area contributed by atoms with Crippen LogP contribution in [-0.4, -0.2) is 28.0 Å². The highest BCUT2D eigenvalue weighted by molar-refractivity contribution is 7.92. The smallest absolute Gasteiger partial charge is 0.264 e. The fraction of sp³-hybridized carbons (Fsp3) is 0.174. The molecule has 30 heavy (non-hydrogen) atoms. The Morgan fingerprint density at radius 2 is 1.60 bits per heavy atom. The van der Waals surface area contributed by atoms with E-state index in [1.807, 2.05) is 19.9 Å². The molecule has 3 rings (SSSR count). The molecule has 0 aliphatic rings. The zero-order valence-corrected chi connectivity index (χ0v) is 17.9. The van der Waals surface area contributed by atoms with Gasteiger partial charge in [0.2, 0.25) is 5.91 Å². The quantitative estimate of drug-likeness (QED) is 0.618. The third-order valence-electron chi connectivity index (χ3n) is 4.84. The number of nitrogens with one attached hydrogen (secondary N) is 1. The van der Waals surface area contributed by atoms with Crippen LogP contribution in [0.15, 0.2) is 77.7 Å². The van der Waals surface area contributed by atoms with Gasteiger partial charge in [0.05, 0.1) is 23.4 Å². The summed E-state index contributed by atoms with van der Waals surface area (Å²) in [5, 5.41) is 2.75. The molecule has 0 aliphatic heterocycles. The second-order valence-electron chi connectivity index (χ2n) is 6.79. The van der Waals surface area contributed by atoms with E-state index in [1.165, 1.54) is 19.2 Å². The summed E-state index contributed by atoms with van der Waals surface area (Å²) in [5.74, 6) is 0.0231. The normalized spacial score (nSPS) is 11.0. The number of nitrogens with zero attached hydrogens (tertiary/aromatic N) is 1. The summed E-state index contributed by atoms with van der Waals surface area (Å²) in [7, 11) is -2.45. The van der Waals surface area contributed by atoms with Gasteiger partial charge in [-0.25, -0.2) is 8.42 Å². The summed E-state index contributed by atoms with van der Waals surface area (Å²) in [6.07, 6.45) is 0. The first-order valence-corrected chi connectivity index (χ1v) is 10.9. The van der Waals surface area contributed by atoms with Gasteiger partial charge >= 0.3 is 0 Å². The molecule has 0 aliphatic carbocycles. The lowest BCUT2D eigenvalue weighted by Gasteiger charge is -2.26. The molecule has 0 fully saturated rings. The zero-order chi connectivity index (χ0) is 21.7. The minimum atomic E-state index is -3.96. The number of hydrogen-bond acceptors (Lipinski definition) is 4. The van der Waals surface area contributed by atoms with Crippen LogP contribution in [0.2, 0.25) is 0 Å². The van der Waals surface area contributed by atoms with E-state index in [-0.39, 0.29) is 11.4 Å². The van der Waals surface area contributed by atoms with Gasteiger partial charge in [0.25, 0.3) is 10.0 Å². The van der Waals surface area contributed by atoms with E-state index >= 15 is 0 Å². The maximum atomic E-state index is 13.4. The van der Waals surface area contributed by atoms with Gasteiger partial charge in [-0.15, -0.1) is 0 Å². The van der Waals surface area contributed by atoms with Crippen molar-refractivity contribution in [2.75, 3.05) is 23.3 Å². The van der Waals surface area contributed by atoms with Crippen LogP contribution in [-0.2, 0) is 14.8 Å². The van der Waals surface area contributed by atoms with Crippen molar-refractivity contribution < 1.29 is 17.9 Å². The molecule has 0 bridgehead atoms. The number of para-hydroxylation sites is 2. The Labute approximate surface area is 177 Å². The largest absolute Gasteiger partial charge is 0.495 e. The van der Waals surface area contributed by atoms with Crippen molar-refractivity contribution in [1.82, 2.24) is 0 Å². The van der Waals surface area contributed by atoms with E-state index in [4.69, 9.17) is 4.74 Å². The Balaban J connectivity index is 2.00. The second-order valence-corrected chi connectivity index (χ2v) is 8.65. The topological polar surface area (TPSA) is 75.7 Å².